The van der Waals surface area contributed by atoms with E-state index >= 15 is 0 Å². The van der Waals surface area contributed by atoms with Crippen LogP contribution in [0.15, 0.2) is 42.5 Å². The third-order valence-corrected chi connectivity index (χ3v) is 3.95. The molecule has 2 aromatic carbocycles. The number of halogens is 1. The number of rotatable bonds is 4. The van der Waals surface area contributed by atoms with Crippen LogP contribution in [-0.2, 0) is 0 Å². The van der Waals surface area contributed by atoms with Crippen LogP contribution in [0.5, 0.6) is 0 Å². The number of primary amides is 1. The molecule has 4 N–H and O–H groups in total. The summed E-state index contributed by atoms with van der Waals surface area (Å²) in [6.07, 6.45) is 0. The van der Waals surface area contributed by atoms with Crippen molar-refractivity contribution < 1.29 is 4.79 Å². The normalized spacial score (nSPS) is 12.0. The molecular formula is C16H18ClN3O. The van der Waals surface area contributed by atoms with Gasteiger partial charge in [0, 0.05) is 17.8 Å². The smallest absolute Gasteiger partial charge is 0.250 e. The first-order chi connectivity index (χ1) is 9.91. The van der Waals surface area contributed by atoms with Crippen LogP contribution in [-0.4, -0.2) is 13.0 Å². The molecule has 0 aliphatic carbocycles. The molecule has 0 saturated heterocycles. The minimum absolute atomic E-state index is 0.0291. The predicted molar refractivity (Wildman–Crippen MR) is 87.6 cm³/mol. The van der Waals surface area contributed by atoms with Gasteiger partial charge in [-0.25, -0.2) is 0 Å². The number of hydrogen-bond donors (Lipinski definition) is 2. The van der Waals surface area contributed by atoms with Crippen LogP contribution in [0, 0.1) is 0 Å². The predicted octanol–water partition coefficient (Wildman–Crippen LogP) is 3.22. The molecule has 5 heteroatoms. The van der Waals surface area contributed by atoms with Crippen LogP contribution in [0.2, 0.25) is 5.02 Å². The van der Waals surface area contributed by atoms with Gasteiger partial charge in [-0.05, 0) is 36.8 Å². The second-order valence-electron chi connectivity index (χ2n) is 4.95. The van der Waals surface area contributed by atoms with Crippen molar-refractivity contribution in [2.45, 2.75) is 13.0 Å². The Morgan fingerprint density at radius 3 is 2.52 bits per heavy atom. The summed E-state index contributed by atoms with van der Waals surface area (Å²) in [5, 5.41) is 0.682. The van der Waals surface area contributed by atoms with Gasteiger partial charge in [-0.2, -0.15) is 0 Å². The van der Waals surface area contributed by atoms with Crippen molar-refractivity contribution in [3.05, 3.63) is 58.6 Å². The highest BCUT2D eigenvalue weighted by molar-refractivity contribution is 6.31. The minimum atomic E-state index is -0.483. The molecule has 1 atom stereocenters. The quantitative estimate of drug-likeness (QED) is 0.852. The minimum Gasteiger partial charge on any atom is -0.399 e. The Kier molecular flexibility index (Phi) is 4.38. The van der Waals surface area contributed by atoms with Crippen LogP contribution in [0.3, 0.4) is 0 Å². The number of benzene rings is 2. The molecule has 0 radical (unpaired) electrons. The highest BCUT2D eigenvalue weighted by atomic mass is 35.5. The molecule has 110 valence electrons. The first kappa shape index (κ1) is 15.2. The summed E-state index contributed by atoms with van der Waals surface area (Å²) in [4.78, 5) is 13.5. The fourth-order valence-corrected chi connectivity index (χ4v) is 2.57. The second-order valence-corrected chi connectivity index (χ2v) is 5.36. The lowest BCUT2D eigenvalue weighted by atomic mass is 10.0. The average Bonchev–Trinajstić information content (AvgIpc) is 2.45. The van der Waals surface area contributed by atoms with Crippen LogP contribution < -0.4 is 16.4 Å². The molecule has 2 aromatic rings. The van der Waals surface area contributed by atoms with E-state index in [1.807, 2.05) is 43.1 Å². The maximum Gasteiger partial charge on any atom is 0.250 e. The molecule has 0 fully saturated rings. The molecular weight excluding hydrogens is 286 g/mol. The lowest BCUT2D eigenvalue weighted by Crippen LogP contribution is -2.25. The number of nitrogens with zero attached hydrogens (tertiary/aromatic N) is 1. The molecule has 0 bridgehead atoms. The average molecular weight is 304 g/mol. The van der Waals surface area contributed by atoms with Crippen LogP contribution in [0.1, 0.15) is 28.9 Å². The number of nitrogens with two attached hydrogens (primary N) is 2. The second kappa shape index (κ2) is 6.06. The van der Waals surface area contributed by atoms with E-state index in [1.165, 1.54) is 0 Å². The van der Waals surface area contributed by atoms with Gasteiger partial charge in [0.25, 0.3) is 5.91 Å². The third-order valence-electron chi connectivity index (χ3n) is 3.60. The molecule has 2 rings (SSSR count). The summed E-state index contributed by atoms with van der Waals surface area (Å²) in [5.41, 5.74) is 13.9. The number of nitrogen functional groups attached to an aromatic ring is 1. The van der Waals surface area contributed by atoms with Crippen LogP contribution >= 0.6 is 11.6 Å². The molecule has 0 aliphatic rings. The van der Waals surface area contributed by atoms with Gasteiger partial charge in [0.15, 0.2) is 0 Å². The van der Waals surface area contributed by atoms with Crippen LogP contribution in [0.4, 0.5) is 11.4 Å². The zero-order valence-corrected chi connectivity index (χ0v) is 12.8. The van der Waals surface area contributed by atoms with E-state index in [2.05, 4.69) is 0 Å². The third kappa shape index (κ3) is 3.11. The molecule has 0 aromatic heterocycles. The monoisotopic (exact) mass is 303 g/mol. The Morgan fingerprint density at radius 1 is 1.24 bits per heavy atom. The van der Waals surface area contributed by atoms with Gasteiger partial charge >= 0.3 is 0 Å². The van der Waals surface area contributed by atoms with Gasteiger partial charge in [-0.1, -0.05) is 29.8 Å². The summed E-state index contributed by atoms with van der Waals surface area (Å²) in [5.74, 6) is -0.483. The van der Waals surface area contributed by atoms with Gasteiger partial charge in [-0.3, -0.25) is 4.79 Å². The summed E-state index contributed by atoms with van der Waals surface area (Å²) in [6, 6.07) is 12.6. The Bertz CT molecular complexity index is 672. The number of hydrogen-bond acceptors (Lipinski definition) is 3. The maximum atomic E-state index is 11.6. The van der Waals surface area contributed by atoms with E-state index < -0.39 is 5.91 Å². The van der Waals surface area contributed by atoms with E-state index in [4.69, 9.17) is 23.1 Å². The van der Waals surface area contributed by atoms with Gasteiger partial charge < -0.3 is 16.4 Å². The summed E-state index contributed by atoms with van der Waals surface area (Å²) < 4.78 is 0. The van der Waals surface area contributed by atoms with Gasteiger partial charge in [0.1, 0.15) is 0 Å². The van der Waals surface area contributed by atoms with Gasteiger partial charge in [0.05, 0.1) is 17.3 Å². The molecule has 0 saturated carbocycles. The highest BCUT2D eigenvalue weighted by Gasteiger charge is 2.19. The fourth-order valence-electron chi connectivity index (χ4n) is 2.28. The zero-order chi connectivity index (χ0) is 15.6. The van der Waals surface area contributed by atoms with Crippen molar-refractivity contribution in [2.75, 3.05) is 17.7 Å². The van der Waals surface area contributed by atoms with E-state index in [9.17, 15) is 4.79 Å². The molecule has 0 spiro atoms. The number of amides is 1. The molecule has 1 unspecified atom stereocenters. The number of carbonyl (C=O) groups excluding carboxylic acids is 1. The maximum absolute atomic E-state index is 11.6. The fraction of sp³-hybridized carbons (Fsp3) is 0.188. The summed E-state index contributed by atoms with van der Waals surface area (Å²) >= 11 is 6.24. The summed E-state index contributed by atoms with van der Waals surface area (Å²) in [7, 11) is 1.88. The van der Waals surface area contributed by atoms with E-state index in [-0.39, 0.29) is 6.04 Å². The standard InChI is InChI=1S/C16H18ClN3O/c1-10(12-5-3-4-6-14(12)17)20(2)15-9-11(18)7-8-13(15)16(19)21/h3-10H,18H2,1-2H3,(H2,19,21). The Labute approximate surface area is 129 Å². The van der Waals surface area contributed by atoms with Crippen molar-refractivity contribution in [1.29, 1.82) is 0 Å². The molecule has 0 heterocycles. The Hall–Kier alpha value is -2.20. The zero-order valence-electron chi connectivity index (χ0n) is 12.0. The van der Waals surface area contributed by atoms with E-state index in [1.54, 1.807) is 18.2 Å². The van der Waals surface area contributed by atoms with Crippen LogP contribution in [0.25, 0.3) is 0 Å². The largest absolute Gasteiger partial charge is 0.399 e. The molecule has 1 amide bonds. The molecule has 21 heavy (non-hydrogen) atoms. The highest BCUT2D eigenvalue weighted by Crippen LogP contribution is 2.32. The first-order valence-corrected chi connectivity index (χ1v) is 6.96. The number of carbonyl (C=O) groups is 1. The SMILES string of the molecule is CC(c1ccccc1Cl)N(C)c1cc(N)ccc1C(N)=O. The van der Waals surface area contributed by atoms with Crippen molar-refractivity contribution in [3.8, 4) is 0 Å². The first-order valence-electron chi connectivity index (χ1n) is 6.58. The van der Waals surface area contributed by atoms with Crippen molar-refractivity contribution >= 4 is 28.9 Å². The van der Waals surface area contributed by atoms with Gasteiger partial charge in [0.2, 0.25) is 0 Å². The number of anilines is 2. The lowest BCUT2D eigenvalue weighted by Gasteiger charge is -2.29. The Morgan fingerprint density at radius 2 is 1.90 bits per heavy atom. The van der Waals surface area contributed by atoms with Gasteiger partial charge in [-0.15, -0.1) is 0 Å². The van der Waals surface area contributed by atoms with E-state index in [0.29, 0.717) is 22.0 Å². The Balaban J connectivity index is 2.44. The van der Waals surface area contributed by atoms with E-state index in [0.717, 1.165) is 5.56 Å². The van der Waals surface area contributed by atoms with Crippen molar-refractivity contribution in [3.63, 3.8) is 0 Å². The topological polar surface area (TPSA) is 72.3 Å². The van der Waals surface area contributed by atoms with Crippen molar-refractivity contribution in [1.82, 2.24) is 0 Å². The molecule has 0 aliphatic heterocycles. The lowest BCUT2D eigenvalue weighted by molar-refractivity contribution is 0.100. The van der Waals surface area contributed by atoms with Crippen molar-refractivity contribution in [2.24, 2.45) is 5.73 Å². The molecule has 4 nitrogen and oxygen atoms in total. The summed E-state index contributed by atoms with van der Waals surface area (Å²) in [6.45, 7) is 2.01.